The lowest BCUT2D eigenvalue weighted by molar-refractivity contribution is -0.276. The molecule has 0 bridgehead atoms. The molecular weight excluding hydrogens is 240 g/mol. The molecule has 0 amide bonds. The first-order chi connectivity index (χ1) is 8.78. The van der Waals surface area contributed by atoms with Crippen LogP contribution in [0, 0.1) is 0 Å². The highest BCUT2D eigenvalue weighted by atomic mass is 17.3. The van der Waals surface area contributed by atoms with E-state index in [1.165, 1.54) is 0 Å². The molecule has 0 N–H and O–H groups in total. The lowest BCUT2D eigenvalue weighted by atomic mass is 10.1. The molecule has 1 fully saturated rings. The summed E-state index contributed by atoms with van der Waals surface area (Å²) in [5.74, 6) is 1.77. The van der Waals surface area contributed by atoms with Crippen LogP contribution < -0.4 is 14.2 Å². The van der Waals surface area contributed by atoms with Gasteiger partial charge in [-0.05, 0) is 17.7 Å². The predicted octanol–water partition coefficient (Wildman–Crippen LogP) is 1.52. The van der Waals surface area contributed by atoms with Gasteiger partial charge in [-0.2, -0.15) is 0 Å². The van der Waals surface area contributed by atoms with Gasteiger partial charge in [-0.3, -0.25) is 0 Å². The molecular formula is C12H16O6. The number of ether oxygens (including phenoxy) is 4. The summed E-state index contributed by atoms with van der Waals surface area (Å²) in [6.45, 7) is 0.148. The molecule has 0 saturated carbocycles. The highest BCUT2D eigenvalue weighted by Gasteiger charge is 2.20. The van der Waals surface area contributed by atoms with Crippen molar-refractivity contribution in [2.45, 2.75) is 12.7 Å². The van der Waals surface area contributed by atoms with E-state index < -0.39 is 6.29 Å². The Balaban J connectivity index is 2.24. The largest absolute Gasteiger partial charge is 0.493 e. The van der Waals surface area contributed by atoms with Gasteiger partial charge in [0.1, 0.15) is 0 Å². The second-order valence-corrected chi connectivity index (χ2v) is 3.67. The molecule has 18 heavy (non-hydrogen) atoms. The maximum absolute atomic E-state index is 5.27. The van der Waals surface area contributed by atoms with Gasteiger partial charge in [0.05, 0.1) is 21.3 Å². The molecule has 1 unspecified atom stereocenters. The third-order valence-electron chi connectivity index (χ3n) is 2.60. The van der Waals surface area contributed by atoms with Gasteiger partial charge in [0, 0.05) is 6.42 Å². The Morgan fingerprint density at radius 3 is 2.22 bits per heavy atom. The number of hydrogen-bond acceptors (Lipinski definition) is 6. The minimum absolute atomic E-state index is 0.148. The molecule has 6 nitrogen and oxygen atoms in total. The summed E-state index contributed by atoms with van der Waals surface area (Å²) in [5, 5.41) is 0. The van der Waals surface area contributed by atoms with Crippen LogP contribution in [0.5, 0.6) is 17.2 Å². The summed E-state index contributed by atoms with van der Waals surface area (Å²) >= 11 is 0. The van der Waals surface area contributed by atoms with Gasteiger partial charge in [-0.25, -0.2) is 9.78 Å². The monoisotopic (exact) mass is 256 g/mol. The molecule has 6 heteroatoms. The van der Waals surface area contributed by atoms with Crippen LogP contribution >= 0.6 is 0 Å². The number of methoxy groups -OCH3 is 3. The van der Waals surface area contributed by atoms with E-state index in [1.54, 1.807) is 21.3 Å². The van der Waals surface area contributed by atoms with Crippen LogP contribution in [0.4, 0.5) is 0 Å². The maximum Gasteiger partial charge on any atom is 0.203 e. The fraction of sp³-hybridized carbons (Fsp3) is 0.500. The Hall–Kier alpha value is -1.50. The molecule has 1 aliphatic rings. The Labute approximate surface area is 105 Å². The van der Waals surface area contributed by atoms with Gasteiger partial charge < -0.3 is 18.9 Å². The van der Waals surface area contributed by atoms with Gasteiger partial charge in [0.15, 0.2) is 24.6 Å². The Morgan fingerprint density at radius 1 is 1.11 bits per heavy atom. The van der Waals surface area contributed by atoms with Crippen molar-refractivity contribution in [3.8, 4) is 17.2 Å². The van der Waals surface area contributed by atoms with Crippen molar-refractivity contribution in [2.75, 3.05) is 28.1 Å². The SMILES string of the molecule is COc1cc(CC2OCOO2)cc(OC)c1OC. The third-order valence-corrected chi connectivity index (χ3v) is 2.60. The molecule has 1 aromatic rings. The molecule has 1 saturated heterocycles. The van der Waals surface area contributed by atoms with Gasteiger partial charge in [0.25, 0.3) is 0 Å². The zero-order valence-electron chi connectivity index (χ0n) is 10.6. The molecule has 1 aliphatic heterocycles. The van der Waals surface area contributed by atoms with Gasteiger partial charge >= 0.3 is 0 Å². The van der Waals surface area contributed by atoms with E-state index in [-0.39, 0.29) is 6.79 Å². The molecule has 1 aromatic carbocycles. The molecule has 1 atom stereocenters. The average molecular weight is 256 g/mol. The maximum atomic E-state index is 5.27. The lowest BCUT2D eigenvalue weighted by Gasteiger charge is -2.14. The molecule has 0 radical (unpaired) electrons. The first-order valence-corrected chi connectivity index (χ1v) is 5.47. The molecule has 0 aliphatic carbocycles. The van der Waals surface area contributed by atoms with Gasteiger partial charge in [-0.1, -0.05) is 0 Å². The molecule has 1 heterocycles. The molecule has 0 spiro atoms. The Morgan fingerprint density at radius 2 is 1.78 bits per heavy atom. The van der Waals surface area contributed by atoms with E-state index in [9.17, 15) is 0 Å². The minimum Gasteiger partial charge on any atom is -0.493 e. The van der Waals surface area contributed by atoms with Gasteiger partial charge in [0.2, 0.25) is 5.75 Å². The summed E-state index contributed by atoms with van der Waals surface area (Å²) in [7, 11) is 4.72. The van der Waals surface area contributed by atoms with E-state index in [0.29, 0.717) is 23.7 Å². The summed E-state index contributed by atoms with van der Waals surface area (Å²) in [6, 6.07) is 3.71. The van der Waals surface area contributed by atoms with E-state index in [1.807, 2.05) is 12.1 Å². The smallest absolute Gasteiger partial charge is 0.203 e. The number of rotatable bonds is 5. The van der Waals surface area contributed by atoms with Crippen molar-refractivity contribution in [3.05, 3.63) is 17.7 Å². The first-order valence-electron chi connectivity index (χ1n) is 5.47. The van der Waals surface area contributed by atoms with Crippen molar-refractivity contribution in [1.82, 2.24) is 0 Å². The van der Waals surface area contributed by atoms with Crippen LogP contribution in [0.1, 0.15) is 5.56 Å². The quantitative estimate of drug-likeness (QED) is 0.744. The zero-order valence-corrected chi connectivity index (χ0v) is 10.6. The van der Waals surface area contributed by atoms with E-state index in [4.69, 9.17) is 23.8 Å². The lowest BCUT2D eigenvalue weighted by Crippen LogP contribution is -2.11. The Bertz CT molecular complexity index is 375. The second kappa shape index (κ2) is 5.90. The van der Waals surface area contributed by atoms with Crippen molar-refractivity contribution < 1.29 is 28.7 Å². The Kier molecular flexibility index (Phi) is 4.24. The van der Waals surface area contributed by atoms with Crippen molar-refractivity contribution in [3.63, 3.8) is 0 Å². The van der Waals surface area contributed by atoms with Crippen LogP contribution in [-0.2, 0) is 20.9 Å². The average Bonchev–Trinajstić information content (AvgIpc) is 2.90. The third kappa shape index (κ3) is 2.66. The normalized spacial score (nSPS) is 18.7. The van der Waals surface area contributed by atoms with E-state index >= 15 is 0 Å². The van der Waals surface area contributed by atoms with Crippen molar-refractivity contribution in [1.29, 1.82) is 0 Å². The highest BCUT2D eigenvalue weighted by molar-refractivity contribution is 5.53. The van der Waals surface area contributed by atoms with E-state index in [0.717, 1.165) is 5.56 Å². The summed E-state index contributed by atoms with van der Waals surface area (Å²) < 4.78 is 21.0. The molecule has 0 aromatic heterocycles. The van der Waals surface area contributed by atoms with Crippen LogP contribution in [0.2, 0.25) is 0 Å². The van der Waals surface area contributed by atoms with Crippen molar-refractivity contribution >= 4 is 0 Å². The fourth-order valence-corrected chi connectivity index (χ4v) is 1.77. The summed E-state index contributed by atoms with van der Waals surface area (Å²) in [4.78, 5) is 9.60. The highest BCUT2D eigenvalue weighted by Crippen LogP contribution is 2.38. The molecule has 2 rings (SSSR count). The van der Waals surface area contributed by atoms with Crippen LogP contribution in [0.3, 0.4) is 0 Å². The van der Waals surface area contributed by atoms with E-state index in [2.05, 4.69) is 4.89 Å². The van der Waals surface area contributed by atoms with Crippen LogP contribution in [0.25, 0.3) is 0 Å². The standard InChI is InChI=1S/C12H16O6/c1-13-9-4-8(6-11-16-7-17-18-11)5-10(14-2)12(9)15-3/h4-5,11H,6-7H2,1-3H3. The topological polar surface area (TPSA) is 55.4 Å². The number of hydrogen-bond donors (Lipinski definition) is 0. The summed E-state index contributed by atoms with van der Waals surface area (Å²) in [5.41, 5.74) is 0.944. The number of benzene rings is 1. The van der Waals surface area contributed by atoms with Crippen LogP contribution in [-0.4, -0.2) is 34.4 Å². The molecule has 100 valence electrons. The van der Waals surface area contributed by atoms with Gasteiger partial charge in [-0.15, -0.1) is 0 Å². The first kappa shape index (κ1) is 12.9. The van der Waals surface area contributed by atoms with Crippen molar-refractivity contribution in [2.24, 2.45) is 0 Å². The predicted molar refractivity (Wildman–Crippen MR) is 61.7 cm³/mol. The minimum atomic E-state index is -0.409. The summed E-state index contributed by atoms with van der Waals surface area (Å²) in [6.07, 6.45) is 0.129. The fourth-order valence-electron chi connectivity index (χ4n) is 1.77. The second-order valence-electron chi connectivity index (χ2n) is 3.67. The van der Waals surface area contributed by atoms with Crippen LogP contribution in [0.15, 0.2) is 12.1 Å². The zero-order chi connectivity index (χ0) is 13.0.